The molecule has 0 bridgehead atoms. The minimum absolute atomic E-state index is 0.0708. The lowest BCUT2D eigenvalue weighted by molar-refractivity contribution is -0.134. The van der Waals surface area contributed by atoms with Crippen LogP contribution in [0.2, 0.25) is 0 Å². The molecule has 0 saturated heterocycles. The molecule has 24 heavy (non-hydrogen) atoms. The third-order valence-electron chi connectivity index (χ3n) is 5.10. The molecule has 6 nitrogen and oxygen atoms in total. The number of para-hydroxylation sites is 1. The first-order valence-electron chi connectivity index (χ1n) is 8.55. The monoisotopic (exact) mass is 326 g/mol. The molecule has 2 aromatic rings. The van der Waals surface area contributed by atoms with Crippen LogP contribution in [0.25, 0.3) is 0 Å². The van der Waals surface area contributed by atoms with Crippen molar-refractivity contribution in [2.45, 2.75) is 38.8 Å². The number of nitrogens with zero attached hydrogens (tertiary/aromatic N) is 4. The van der Waals surface area contributed by atoms with E-state index in [4.69, 9.17) is 4.74 Å². The van der Waals surface area contributed by atoms with Gasteiger partial charge in [0.25, 0.3) is 0 Å². The summed E-state index contributed by atoms with van der Waals surface area (Å²) in [7, 11) is 1.68. The number of methoxy groups -OCH3 is 1. The topological polar surface area (TPSA) is 60.2 Å². The fourth-order valence-corrected chi connectivity index (χ4v) is 3.69. The van der Waals surface area contributed by atoms with E-state index in [0.717, 1.165) is 48.9 Å². The molecule has 0 unspecified atom stereocenters. The maximum Gasteiger partial charge on any atom is 0.226 e. The van der Waals surface area contributed by atoms with E-state index in [0.29, 0.717) is 6.54 Å². The summed E-state index contributed by atoms with van der Waals surface area (Å²) in [6, 6.07) is 8.00. The molecule has 2 aliphatic rings. The fraction of sp³-hybridized carbons (Fsp3) is 0.500. The van der Waals surface area contributed by atoms with Crippen LogP contribution in [0.4, 0.5) is 0 Å². The number of amides is 1. The Morgan fingerprint density at radius 1 is 1.29 bits per heavy atom. The number of hydrogen-bond donors (Lipinski definition) is 0. The maximum atomic E-state index is 12.9. The second-order valence-corrected chi connectivity index (χ2v) is 6.49. The van der Waals surface area contributed by atoms with E-state index >= 15 is 0 Å². The minimum Gasteiger partial charge on any atom is -0.496 e. The molecule has 2 heterocycles. The molecule has 1 aliphatic heterocycles. The van der Waals surface area contributed by atoms with Gasteiger partial charge in [0.2, 0.25) is 5.91 Å². The van der Waals surface area contributed by atoms with E-state index in [1.807, 2.05) is 23.1 Å². The molecule has 0 spiro atoms. The van der Waals surface area contributed by atoms with Crippen LogP contribution >= 0.6 is 0 Å². The van der Waals surface area contributed by atoms with Gasteiger partial charge in [-0.05, 0) is 24.0 Å². The van der Waals surface area contributed by atoms with Gasteiger partial charge in [0.05, 0.1) is 13.7 Å². The lowest BCUT2D eigenvalue weighted by atomic mass is 10.1. The summed E-state index contributed by atoms with van der Waals surface area (Å²) in [6.07, 6.45) is 1.78. The number of fused-ring (bicyclic) bond motifs is 1. The fourth-order valence-electron chi connectivity index (χ4n) is 3.69. The van der Waals surface area contributed by atoms with E-state index in [-0.39, 0.29) is 17.7 Å². The first-order valence-corrected chi connectivity index (χ1v) is 8.55. The first kappa shape index (κ1) is 15.2. The Kier molecular flexibility index (Phi) is 3.75. The SMILES string of the molecule is CCc1nnc2n1CCN(C(=O)[C@H]1C[C@@H]1c1ccccc1OC)C2. The van der Waals surface area contributed by atoms with Crippen LogP contribution in [-0.4, -0.2) is 39.2 Å². The molecule has 1 amide bonds. The highest BCUT2D eigenvalue weighted by atomic mass is 16.5. The lowest BCUT2D eigenvalue weighted by Crippen LogP contribution is -2.39. The average molecular weight is 326 g/mol. The average Bonchev–Trinajstić information content (AvgIpc) is 3.32. The van der Waals surface area contributed by atoms with Gasteiger partial charge in [0, 0.05) is 25.4 Å². The summed E-state index contributed by atoms with van der Waals surface area (Å²) in [6.45, 7) is 4.19. The maximum absolute atomic E-state index is 12.9. The predicted octanol–water partition coefficient (Wildman–Crippen LogP) is 2.00. The zero-order valence-electron chi connectivity index (χ0n) is 14.1. The Morgan fingerprint density at radius 3 is 2.92 bits per heavy atom. The quantitative estimate of drug-likeness (QED) is 0.862. The van der Waals surface area contributed by atoms with Crippen LogP contribution in [0.1, 0.15) is 36.5 Å². The Balaban J connectivity index is 1.46. The van der Waals surface area contributed by atoms with Gasteiger partial charge in [-0.2, -0.15) is 0 Å². The second kappa shape index (κ2) is 5.92. The molecule has 1 aromatic carbocycles. The zero-order valence-corrected chi connectivity index (χ0v) is 14.1. The smallest absolute Gasteiger partial charge is 0.226 e. The molecule has 0 N–H and O–H groups in total. The molecule has 0 radical (unpaired) electrons. The molecule has 2 atom stereocenters. The van der Waals surface area contributed by atoms with Gasteiger partial charge in [-0.15, -0.1) is 10.2 Å². The van der Waals surface area contributed by atoms with Crippen molar-refractivity contribution < 1.29 is 9.53 Å². The van der Waals surface area contributed by atoms with Crippen molar-refractivity contribution in [3.8, 4) is 5.75 Å². The van der Waals surface area contributed by atoms with E-state index < -0.39 is 0 Å². The predicted molar refractivity (Wildman–Crippen MR) is 88.7 cm³/mol. The molecule has 126 valence electrons. The van der Waals surface area contributed by atoms with Crippen molar-refractivity contribution in [3.63, 3.8) is 0 Å². The van der Waals surface area contributed by atoms with Gasteiger partial charge < -0.3 is 14.2 Å². The van der Waals surface area contributed by atoms with E-state index in [1.54, 1.807) is 7.11 Å². The van der Waals surface area contributed by atoms with Gasteiger partial charge in [-0.1, -0.05) is 25.1 Å². The molecule has 1 fully saturated rings. The summed E-state index contributed by atoms with van der Waals surface area (Å²) in [4.78, 5) is 14.8. The number of ether oxygens (including phenoxy) is 1. The third-order valence-corrected chi connectivity index (χ3v) is 5.10. The molecule has 1 saturated carbocycles. The van der Waals surface area contributed by atoms with Crippen LogP contribution in [0.15, 0.2) is 24.3 Å². The Morgan fingerprint density at radius 2 is 2.12 bits per heavy atom. The van der Waals surface area contributed by atoms with Gasteiger partial charge in [-0.25, -0.2) is 0 Å². The normalized spacial score (nSPS) is 22.2. The Labute approximate surface area is 141 Å². The summed E-state index contributed by atoms with van der Waals surface area (Å²) in [5.74, 6) is 3.37. The number of benzene rings is 1. The van der Waals surface area contributed by atoms with Crippen molar-refractivity contribution in [2.24, 2.45) is 5.92 Å². The van der Waals surface area contributed by atoms with Crippen LogP contribution in [0.5, 0.6) is 5.75 Å². The van der Waals surface area contributed by atoms with Gasteiger partial charge in [0.15, 0.2) is 5.82 Å². The number of hydrogen-bond acceptors (Lipinski definition) is 4. The van der Waals surface area contributed by atoms with Crippen molar-refractivity contribution >= 4 is 5.91 Å². The lowest BCUT2D eigenvalue weighted by Gasteiger charge is -2.28. The summed E-state index contributed by atoms with van der Waals surface area (Å²) in [5.41, 5.74) is 1.15. The van der Waals surface area contributed by atoms with Gasteiger partial charge >= 0.3 is 0 Å². The molecule has 1 aliphatic carbocycles. The highest BCUT2D eigenvalue weighted by Gasteiger charge is 2.47. The number of carbonyl (C=O) groups excluding carboxylic acids is 1. The van der Waals surface area contributed by atoms with E-state index in [2.05, 4.69) is 27.8 Å². The number of aryl methyl sites for hydroxylation is 1. The number of rotatable bonds is 4. The zero-order chi connectivity index (χ0) is 16.7. The van der Waals surface area contributed by atoms with E-state index in [1.165, 1.54) is 0 Å². The van der Waals surface area contributed by atoms with Crippen LogP contribution < -0.4 is 4.74 Å². The Bertz CT molecular complexity index is 770. The van der Waals surface area contributed by atoms with Crippen molar-refractivity contribution in [2.75, 3.05) is 13.7 Å². The van der Waals surface area contributed by atoms with E-state index in [9.17, 15) is 4.79 Å². The standard InChI is InChI=1S/C18H22N4O2/c1-3-16-19-20-17-11-21(8-9-22(16)17)18(23)14-10-13(14)12-6-4-5-7-15(12)24-2/h4-7,13-14H,3,8-11H2,1-2H3/t13-,14+/m1/s1. The third kappa shape index (κ3) is 2.46. The number of aromatic nitrogens is 3. The highest BCUT2D eigenvalue weighted by molar-refractivity contribution is 5.83. The van der Waals surface area contributed by atoms with Crippen LogP contribution in [-0.2, 0) is 24.3 Å². The molecule has 4 rings (SSSR count). The van der Waals surface area contributed by atoms with Crippen LogP contribution in [0.3, 0.4) is 0 Å². The van der Waals surface area contributed by atoms with Crippen LogP contribution in [0, 0.1) is 5.92 Å². The van der Waals surface area contributed by atoms with Gasteiger partial charge in [-0.3, -0.25) is 4.79 Å². The van der Waals surface area contributed by atoms with Crippen molar-refractivity contribution in [1.82, 2.24) is 19.7 Å². The van der Waals surface area contributed by atoms with Crippen molar-refractivity contribution in [3.05, 3.63) is 41.5 Å². The first-order chi connectivity index (χ1) is 11.7. The number of carbonyl (C=O) groups is 1. The summed E-state index contributed by atoms with van der Waals surface area (Å²) in [5, 5.41) is 8.46. The van der Waals surface area contributed by atoms with Gasteiger partial charge in [0.1, 0.15) is 11.6 Å². The molecule has 6 heteroatoms. The highest BCUT2D eigenvalue weighted by Crippen LogP contribution is 2.51. The Hall–Kier alpha value is -2.37. The minimum atomic E-state index is 0.0708. The second-order valence-electron chi connectivity index (χ2n) is 6.49. The molecule has 1 aromatic heterocycles. The summed E-state index contributed by atoms with van der Waals surface area (Å²) < 4.78 is 7.58. The van der Waals surface area contributed by atoms with Crippen molar-refractivity contribution in [1.29, 1.82) is 0 Å². The summed E-state index contributed by atoms with van der Waals surface area (Å²) >= 11 is 0. The largest absolute Gasteiger partial charge is 0.496 e. The molecular weight excluding hydrogens is 304 g/mol. The molecular formula is C18H22N4O2.